The molecule has 0 aliphatic heterocycles. The molecule has 0 radical (unpaired) electrons. The third kappa shape index (κ3) is 4.92. The zero-order valence-corrected chi connectivity index (χ0v) is 19.0. The summed E-state index contributed by atoms with van der Waals surface area (Å²) in [6, 6.07) is 12.8. The van der Waals surface area contributed by atoms with Crippen molar-refractivity contribution in [3.63, 3.8) is 0 Å². The third-order valence-corrected chi connectivity index (χ3v) is 5.12. The van der Waals surface area contributed by atoms with E-state index in [0.717, 1.165) is 10.1 Å². The highest BCUT2D eigenvalue weighted by Crippen LogP contribution is 2.19. The van der Waals surface area contributed by atoms with Crippen molar-refractivity contribution >= 4 is 17.6 Å². The minimum absolute atomic E-state index is 0.0533. The molecule has 2 N–H and O–H groups in total. The number of Topliss-reactive ketones (excluding diaryl/α,β-unsaturated/α-hetero) is 1. The number of ether oxygens (including phenoxy) is 1. The lowest BCUT2D eigenvalue weighted by Gasteiger charge is -2.16. The Morgan fingerprint density at radius 3 is 2.36 bits per heavy atom. The molecule has 3 rings (SSSR count). The number of nitrogens with zero attached hydrogens (tertiary/aromatic N) is 3. The summed E-state index contributed by atoms with van der Waals surface area (Å²) in [5.74, 6) is -1.72. The number of hydrogen-bond acceptors (Lipinski definition) is 7. The molecule has 0 unspecified atom stereocenters. The number of esters is 1. The molecule has 0 atom stereocenters. The second-order valence-corrected chi connectivity index (χ2v) is 8.11. The van der Waals surface area contributed by atoms with Gasteiger partial charge >= 0.3 is 11.7 Å². The van der Waals surface area contributed by atoms with Crippen LogP contribution in [0.25, 0.3) is 11.3 Å². The van der Waals surface area contributed by atoms with Gasteiger partial charge in [-0.05, 0) is 25.0 Å². The second kappa shape index (κ2) is 9.64. The summed E-state index contributed by atoms with van der Waals surface area (Å²) in [6.45, 7) is 4.95. The molecule has 172 valence electrons. The molecule has 3 aromatic rings. The molecule has 0 saturated heterocycles. The van der Waals surface area contributed by atoms with E-state index < -0.39 is 29.6 Å². The first-order chi connectivity index (χ1) is 15.6. The van der Waals surface area contributed by atoms with E-state index in [9.17, 15) is 19.2 Å². The Morgan fingerprint density at radius 1 is 1.09 bits per heavy atom. The van der Waals surface area contributed by atoms with E-state index >= 15 is 0 Å². The molecule has 1 aromatic carbocycles. The summed E-state index contributed by atoms with van der Waals surface area (Å²) in [5.41, 5.74) is 6.42. The van der Waals surface area contributed by atoms with E-state index in [0.29, 0.717) is 11.4 Å². The number of aromatic nitrogens is 3. The van der Waals surface area contributed by atoms with Gasteiger partial charge in [0.2, 0.25) is 5.78 Å². The van der Waals surface area contributed by atoms with Gasteiger partial charge < -0.3 is 10.5 Å². The molecule has 0 saturated carbocycles. The Kier molecular flexibility index (Phi) is 6.91. The topological polar surface area (TPSA) is 126 Å². The maximum Gasteiger partial charge on any atom is 0.340 e. The molecule has 9 heteroatoms. The highest BCUT2D eigenvalue weighted by molar-refractivity contribution is 6.02. The van der Waals surface area contributed by atoms with Crippen LogP contribution in [0.1, 0.15) is 40.3 Å². The van der Waals surface area contributed by atoms with Gasteiger partial charge in [0.1, 0.15) is 11.4 Å². The van der Waals surface area contributed by atoms with E-state index in [-0.39, 0.29) is 29.4 Å². The molecule has 0 fully saturated rings. The minimum Gasteiger partial charge on any atom is -0.454 e. The van der Waals surface area contributed by atoms with Gasteiger partial charge in [0.15, 0.2) is 6.61 Å². The van der Waals surface area contributed by atoms with E-state index in [1.54, 1.807) is 19.1 Å². The van der Waals surface area contributed by atoms with E-state index in [1.807, 2.05) is 44.2 Å². The number of rotatable bonds is 7. The summed E-state index contributed by atoms with van der Waals surface area (Å²) in [5, 5.41) is 0. The predicted octanol–water partition coefficient (Wildman–Crippen LogP) is 2.20. The molecule has 2 heterocycles. The first kappa shape index (κ1) is 23.6. The largest absolute Gasteiger partial charge is 0.454 e. The summed E-state index contributed by atoms with van der Waals surface area (Å²) in [4.78, 5) is 54.7. The predicted molar refractivity (Wildman–Crippen MR) is 124 cm³/mol. The molecule has 2 aromatic heterocycles. The average Bonchev–Trinajstić information content (AvgIpc) is 2.79. The average molecular weight is 450 g/mol. The minimum atomic E-state index is -0.830. The van der Waals surface area contributed by atoms with Gasteiger partial charge in [0, 0.05) is 19.2 Å². The number of nitrogen functional groups attached to an aromatic ring is 1. The van der Waals surface area contributed by atoms with Gasteiger partial charge in [-0.1, -0.05) is 44.2 Å². The molecular weight excluding hydrogens is 424 g/mol. The van der Waals surface area contributed by atoms with Crippen LogP contribution in [-0.2, 0) is 18.3 Å². The summed E-state index contributed by atoms with van der Waals surface area (Å²) in [7, 11) is 1.27. The second-order valence-electron chi connectivity index (χ2n) is 8.11. The van der Waals surface area contributed by atoms with Crippen LogP contribution in [0.15, 0.2) is 52.1 Å². The number of benzene rings is 1. The molecule has 0 aliphatic carbocycles. The number of hydrogen-bond donors (Lipinski definition) is 1. The molecule has 0 spiro atoms. The van der Waals surface area contributed by atoms with Crippen LogP contribution in [0.2, 0.25) is 0 Å². The SMILES string of the molecule is Cc1nc(-c2ccccc2)ccc1C(=O)OCC(=O)c1c(N)n(CC(C)C)c(=O)n(C)c1=O. The smallest absolute Gasteiger partial charge is 0.340 e. The van der Waals surface area contributed by atoms with E-state index in [4.69, 9.17) is 10.5 Å². The summed E-state index contributed by atoms with van der Waals surface area (Å²) < 4.78 is 7.15. The monoisotopic (exact) mass is 450 g/mol. The quantitative estimate of drug-likeness (QED) is 0.432. The Labute approximate surface area is 190 Å². The summed E-state index contributed by atoms with van der Waals surface area (Å²) in [6.07, 6.45) is 0. The molecule has 33 heavy (non-hydrogen) atoms. The zero-order chi connectivity index (χ0) is 24.3. The van der Waals surface area contributed by atoms with Crippen molar-refractivity contribution in [3.05, 3.63) is 80.1 Å². The van der Waals surface area contributed by atoms with E-state index in [2.05, 4.69) is 4.98 Å². The normalized spacial score (nSPS) is 10.9. The Hall–Kier alpha value is -4.01. The highest BCUT2D eigenvalue weighted by Gasteiger charge is 2.23. The molecular formula is C24H26N4O5. The van der Waals surface area contributed by atoms with Gasteiger partial charge in [-0.25, -0.2) is 9.59 Å². The Bertz CT molecular complexity index is 1320. The fourth-order valence-corrected chi connectivity index (χ4v) is 3.41. The maximum atomic E-state index is 12.7. The van der Waals surface area contributed by atoms with Crippen molar-refractivity contribution in [1.29, 1.82) is 0 Å². The van der Waals surface area contributed by atoms with Crippen molar-refractivity contribution in [1.82, 2.24) is 14.1 Å². The maximum absolute atomic E-state index is 12.7. The van der Waals surface area contributed by atoms with Crippen LogP contribution in [0.4, 0.5) is 5.82 Å². The van der Waals surface area contributed by atoms with Gasteiger partial charge in [-0.2, -0.15) is 0 Å². The lowest BCUT2D eigenvalue weighted by Crippen LogP contribution is -2.43. The van der Waals surface area contributed by atoms with Crippen LogP contribution in [0, 0.1) is 12.8 Å². The molecule has 0 aliphatic rings. The number of carbonyl (C=O) groups is 2. The van der Waals surface area contributed by atoms with Crippen LogP contribution >= 0.6 is 0 Å². The van der Waals surface area contributed by atoms with Gasteiger partial charge in [-0.3, -0.25) is 23.7 Å². The highest BCUT2D eigenvalue weighted by atomic mass is 16.5. The van der Waals surface area contributed by atoms with Crippen molar-refractivity contribution < 1.29 is 14.3 Å². The lowest BCUT2D eigenvalue weighted by atomic mass is 10.1. The van der Waals surface area contributed by atoms with Crippen molar-refractivity contribution in [2.75, 3.05) is 12.3 Å². The molecule has 0 amide bonds. The Morgan fingerprint density at radius 2 is 1.76 bits per heavy atom. The Balaban J connectivity index is 1.81. The van der Waals surface area contributed by atoms with Crippen LogP contribution in [0.3, 0.4) is 0 Å². The zero-order valence-electron chi connectivity index (χ0n) is 19.0. The number of pyridine rings is 1. The van der Waals surface area contributed by atoms with Gasteiger partial charge in [0.05, 0.1) is 17.0 Å². The number of aryl methyl sites for hydroxylation is 1. The van der Waals surface area contributed by atoms with Gasteiger partial charge in [-0.15, -0.1) is 0 Å². The van der Waals surface area contributed by atoms with Crippen molar-refractivity contribution in [3.8, 4) is 11.3 Å². The van der Waals surface area contributed by atoms with Gasteiger partial charge in [0.25, 0.3) is 5.56 Å². The van der Waals surface area contributed by atoms with Crippen LogP contribution in [-0.4, -0.2) is 32.5 Å². The van der Waals surface area contributed by atoms with E-state index in [1.165, 1.54) is 11.6 Å². The molecule has 0 bridgehead atoms. The van der Waals surface area contributed by atoms with Crippen LogP contribution < -0.4 is 17.0 Å². The number of carbonyl (C=O) groups excluding carboxylic acids is 2. The fraction of sp³-hybridized carbons (Fsp3) is 0.292. The van der Waals surface area contributed by atoms with Crippen molar-refractivity contribution in [2.45, 2.75) is 27.3 Å². The first-order valence-electron chi connectivity index (χ1n) is 10.4. The third-order valence-electron chi connectivity index (χ3n) is 5.12. The number of nitrogens with two attached hydrogens (primary N) is 1. The van der Waals surface area contributed by atoms with Crippen molar-refractivity contribution in [2.24, 2.45) is 13.0 Å². The van der Waals surface area contributed by atoms with Crippen LogP contribution in [0.5, 0.6) is 0 Å². The number of anilines is 1. The fourth-order valence-electron chi connectivity index (χ4n) is 3.41. The standard InChI is InChI=1S/C24H26N4O5/c1-14(2)12-28-21(25)20(22(30)27(4)24(28)32)19(29)13-33-23(31)17-10-11-18(26-15(17)3)16-8-6-5-7-9-16/h5-11,14H,12-13,25H2,1-4H3. The number of ketones is 1. The first-order valence-corrected chi connectivity index (χ1v) is 10.4. The lowest BCUT2D eigenvalue weighted by molar-refractivity contribution is 0.0473. The molecule has 9 nitrogen and oxygen atoms in total. The summed E-state index contributed by atoms with van der Waals surface area (Å²) >= 11 is 0.